The summed E-state index contributed by atoms with van der Waals surface area (Å²) in [5, 5.41) is 0. The Balaban J connectivity index is 2.59. The molecule has 0 unspecified atom stereocenters. The Bertz CT molecular complexity index is 179. The third-order valence-corrected chi connectivity index (χ3v) is 1.04. The quantitative estimate of drug-likeness (QED) is 0.604. The van der Waals surface area contributed by atoms with Crippen LogP contribution in [0.4, 0.5) is 0 Å². The van der Waals surface area contributed by atoms with Gasteiger partial charge in [0.15, 0.2) is 0 Å². The topological polar surface area (TPSA) is 9.23 Å². The van der Waals surface area contributed by atoms with Gasteiger partial charge in [-0.2, -0.15) is 0 Å². The summed E-state index contributed by atoms with van der Waals surface area (Å²) in [6.07, 6.45) is 0.235. The molecule has 0 aliphatic heterocycles. The lowest BCUT2D eigenvalue weighted by Gasteiger charge is -2.07. The van der Waals surface area contributed by atoms with Gasteiger partial charge in [-0.15, -0.1) is 0 Å². The summed E-state index contributed by atoms with van der Waals surface area (Å²) in [7, 11) is 0. The third kappa shape index (κ3) is 2.09. The molecule has 10 heavy (non-hydrogen) atoms. The molecule has 0 atom stereocenters. The van der Waals surface area contributed by atoms with E-state index in [1.54, 1.807) is 0 Å². The van der Waals surface area contributed by atoms with Gasteiger partial charge in [0.25, 0.3) is 0 Å². The first-order valence-corrected chi connectivity index (χ1v) is 3.42. The maximum atomic E-state index is 5.36. The van der Waals surface area contributed by atoms with Crippen LogP contribution in [0.2, 0.25) is 0 Å². The summed E-state index contributed by atoms with van der Waals surface area (Å²) in [4.78, 5) is 0. The summed E-state index contributed by atoms with van der Waals surface area (Å²) >= 11 is 0. The molecule has 0 aliphatic rings. The number of hydrogen-bond acceptors (Lipinski definition) is 1. The molecule has 0 bridgehead atoms. The first-order valence-electron chi connectivity index (χ1n) is 3.42. The molecule has 0 spiro atoms. The van der Waals surface area contributed by atoms with Crippen LogP contribution in [0.1, 0.15) is 13.8 Å². The van der Waals surface area contributed by atoms with Crippen molar-refractivity contribution < 1.29 is 4.74 Å². The summed E-state index contributed by atoms with van der Waals surface area (Å²) < 4.78 is 5.36. The SMILES string of the molecule is CC(C)Oc1[c]cccc1. The molecule has 1 nitrogen and oxygen atoms in total. The van der Waals surface area contributed by atoms with Gasteiger partial charge in [-0.3, -0.25) is 0 Å². The van der Waals surface area contributed by atoms with E-state index in [1.165, 1.54) is 0 Å². The Kier molecular flexibility index (Phi) is 2.32. The van der Waals surface area contributed by atoms with Crippen molar-refractivity contribution in [3.63, 3.8) is 0 Å². The normalized spacial score (nSPS) is 9.90. The van der Waals surface area contributed by atoms with E-state index >= 15 is 0 Å². The molecule has 1 heteroatoms. The highest BCUT2D eigenvalue weighted by Gasteiger charge is 1.93. The molecule has 0 amide bonds. The number of hydrogen-bond donors (Lipinski definition) is 0. The summed E-state index contributed by atoms with van der Waals surface area (Å²) in [5.74, 6) is 0.817. The number of rotatable bonds is 2. The first-order chi connectivity index (χ1) is 4.79. The molecule has 1 rings (SSSR count). The van der Waals surface area contributed by atoms with Crippen LogP contribution in [0.15, 0.2) is 24.3 Å². The molecule has 0 N–H and O–H groups in total. The van der Waals surface area contributed by atoms with Crippen LogP contribution in [0.5, 0.6) is 5.75 Å². The minimum atomic E-state index is 0.235. The molecule has 0 aromatic heterocycles. The zero-order valence-corrected chi connectivity index (χ0v) is 6.29. The molecule has 1 aromatic carbocycles. The lowest BCUT2D eigenvalue weighted by atomic mass is 10.3. The predicted octanol–water partition coefficient (Wildman–Crippen LogP) is 2.27. The fourth-order valence-electron chi connectivity index (χ4n) is 0.704. The van der Waals surface area contributed by atoms with Crippen molar-refractivity contribution in [3.05, 3.63) is 30.3 Å². The van der Waals surface area contributed by atoms with Crippen molar-refractivity contribution in [2.75, 3.05) is 0 Å². The van der Waals surface area contributed by atoms with Gasteiger partial charge in [0, 0.05) is 6.07 Å². The van der Waals surface area contributed by atoms with E-state index in [0.29, 0.717) is 0 Å². The van der Waals surface area contributed by atoms with Gasteiger partial charge < -0.3 is 4.74 Å². The largest absolute Gasteiger partial charge is 0.490 e. The first kappa shape index (κ1) is 7.13. The fraction of sp³-hybridized carbons (Fsp3) is 0.333. The van der Waals surface area contributed by atoms with Crippen LogP contribution >= 0.6 is 0 Å². The maximum absolute atomic E-state index is 5.36. The number of para-hydroxylation sites is 1. The molecule has 0 heterocycles. The van der Waals surface area contributed by atoms with Crippen molar-refractivity contribution in [1.29, 1.82) is 0 Å². The number of benzene rings is 1. The Labute approximate surface area is 61.6 Å². The second-order valence-corrected chi connectivity index (χ2v) is 2.39. The molecule has 1 aromatic rings. The van der Waals surface area contributed by atoms with Crippen LogP contribution in [0, 0.1) is 6.07 Å². The van der Waals surface area contributed by atoms with E-state index < -0.39 is 0 Å². The highest BCUT2D eigenvalue weighted by atomic mass is 16.5. The van der Waals surface area contributed by atoms with Gasteiger partial charge in [0.2, 0.25) is 0 Å². The molecule has 53 valence electrons. The molecule has 0 fully saturated rings. The predicted molar refractivity (Wildman–Crippen MR) is 41.0 cm³/mol. The van der Waals surface area contributed by atoms with Crippen LogP contribution in [-0.2, 0) is 0 Å². The molecular formula is C9H11O. The van der Waals surface area contributed by atoms with Gasteiger partial charge in [0.1, 0.15) is 5.75 Å². The Morgan fingerprint density at radius 3 is 2.70 bits per heavy atom. The summed E-state index contributed by atoms with van der Waals surface area (Å²) in [6, 6.07) is 10.6. The monoisotopic (exact) mass is 135 g/mol. The Morgan fingerprint density at radius 1 is 1.40 bits per heavy atom. The van der Waals surface area contributed by atoms with E-state index in [2.05, 4.69) is 6.07 Å². The number of ether oxygens (including phenoxy) is 1. The molecule has 1 radical (unpaired) electrons. The van der Waals surface area contributed by atoms with E-state index in [4.69, 9.17) is 4.74 Å². The average molecular weight is 135 g/mol. The van der Waals surface area contributed by atoms with E-state index in [-0.39, 0.29) is 6.10 Å². The van der Waals surface area contributed by atoms with Crippen LogP contribution < -0.4 is 4.74 Å². The molecule has 0 saturated heterocycles. The van der Waals surface area contributed by atoms with Crippen molar-refractivity contribution >= 4 is 0 Å². The van der Waals surface area contributed by atoms with Gasteiger partial charge >= 0.3 is 0 Å². The highest BCUT2D eigenvalue weighted by Crippen LogP contribution is 2.08. The fourth-order valence-corrected chi connectivity index (χ4v) is 0.704. The van der Waals surface area contributed by atoms with Gasteiger partial charge in [0.05, 0.1) is 6.10 Å². The second-order valence-electron chi connectivity index (χ2n) is 2.39. The highest BCUT2D eigenvalue weighted by molar-refractivity contribution is 5.19. The maximum Gasteiger partial charge on any atom is 0.127 e. The van der Waals surface area contributed by atoms with Gasteiger partial charge in [-0.1, -0.05) is 18.2 Å². The van der Waals surface area contributed by atoms with Crippen LogP contribution in [0.25, 0.3) is 0 Å². The molecular weight excluding hydrogens is 124 g/mol. The van der Waals surface area contributed by atoms with E-state index in [1.807, 2.05) is 38.1 Å². The zero-order chi connectivity index (χ0) is 7.40. The molecule has 0 aliphatic carbocycles. The van der Waals surface area contributed by atoms with Crippen LogP contribution in [0.3, 0.4) is 0 Å². The minimum absolute atomic E-state index is 0.235. The lowest BCUT2D eigenvalue weighted by Crippen LogP contribution is -2.04. The molecule has 0 saturated carbocycles. The van der Waals surface area contributed by atoms with Crippen LogP contribution in [-0.4, -0.2) is 6.10 Å². The van der Waals surface area contributed by atoms with Crippen molar-refractivity contribution in [3.8, 4) is 5.75 Å². The summed E-state index contributed by atoms with van der Waals surface area (Å²) in [5.41, 5.74) is 0. The second kappa shape index (κ2) is 3.25. The standard InChI is InChI=1S/C9H11O/c1-8(2)10-9-6-4-3-5-7-9/h3-6,8H,1-2H3. The third-order valence-electron chi connectivity index (χ3n) is 1.04. The zero-order valence-electron chi connectivity index (χ0n) is 6.29. The van der Waals surface area contributed by atoms with Crippen molar-refractivity contribution in [2.45, 2.75) is 20.0 Å². The minimum Gasteiger partial charge on any atom is -0.490 e. The average Bonchev–Trinajstić information content (AvgIpc) is 1.88. The lowest BCUT2D eigenvalue weighted by molar-refractivity contribution is 0.242. The Hall–Kier alpha value is -0.980. The Morgan fingerprint density at radius 2 is 2.20 bits per heavy atom. The van der Waals surface area contributed by atoms with Gasteiger partial charge in [-0.25, -0.2) is 0 Å². The van der Waals surface area contributed by atoms with E-state index in [9.17, 15) is 0 Å². The van der Waals surface area contributed by atoms with E-state index in [0.717, 1.165) is 5.75 Å². The van der Waals surface area contributed by atoms with Gasteiger partial charge in [-0.05, 0) is 19.9 Å². The van der Waals surface area contributed by atoms with Crippen molar-refractivity contribution in [2.24, 2.45) is 0 Å². The smallest absolute Gasteiger partial charge is 0.127 e. The summed E-state index contributed by atoms with van der Waals surface area (Å²) in [6.45, 7) is 4.00. The van der Waals surface area contributed by atoms with Crippen molar-refractivity contribution in [1.82, 2.24) is 0 Å².